The number of fused-ring (bicyclic) bond motifs is 1. The Morgan fingerprint density at radius 3 is 2.72 bits per heavy atom. The van der Waals surface area contributed by atoms with E-state index >= 15 is 0 Å². The van der Waals surface area contributed by atoms with E-state index in [0.29, 0.717) is 17.5 Å². The fourth-order valence-electron chi connectivity index (χ4n) is 3.95. The van der Waals surface area contributed by atoms with Crippen molar-refractivity contribution in [2.45, 2.75) is 63.8 Å². The Morgan fingerprint density at radius 1 is 1.28 bits per heavy atom. The number of benzene rings is 1. The molecule has 3 rings (SSSR count). The van der Waals surface area contributed by atoms with Gasteiger partial charge in [-0.25, -0.2) is 0 Å². The molecule has 0 aromatic heterocycles. The molecule has 1 saturated carbocycles. The van der Waals surface area contributed by atoms with Crippen LogP contribution in [0.5, 0.6) is 5.75 Å². The van der Waals surface area contributed by atoms with Gasteiger partial charge in [0.2, 0.25) is 5.91 Å². The molecule has 1 amide bonds. The van der Waals surface area contributed by atoms with Crippen LogP contribution in [0.15, 0.2) is 24.3 Å². The lowest BCUT2D eigenvalue weighted by Crippen LogP contribution is -2.43. The molecular weight excluding hydrogens is 350 g/mol. The summed E-state index contributed by atoms with van der Waals surface area (Å²) < 4.78 is 29.6. The number of carbonyl (C=O) groups is 1. The van der Waals surface area contributed by atoms with Gasteiger partial charge in [0.15, 0.2) is 0 Å². The maximum atomic E-state index is 12.5. The molecule has 1 aromatic rings. The van der Waals surface area contributed by atoms with Crippen molar-refractivity contribution in [3.63, 3.8) is 0 Å². The minimum absolute atomic E-state index is 0. The van der Waals surface area contributed by atoms with E-state index < -0.39 is 12.7 Å². The number of nitrogens with one attached hydrogen (secondary N) is 2. The zero-order chi connectivity index (χ0) is 17.1. The fourth-order valence-corrected chi connectivity index (χ4v) is 3.95. The summed E-state index contributed by atoms with van der Waals surface area (Å²) in [6.45, 7) is -1.10. The number of ether oxygens (including phenoxy) is 1. The summed E-state index contributed by atoms with van der Waals surface area (Å²) in [4.78, 5) is 12.5. The molecule has 4 nitrogen and oxygen atoms in total. The van der Waals surface area contributed by atoms with E-state index in [4.69, 9.17) is 0 Å². The summed E-state index contributed by atoms with van der Waals surface area (Å²) in [7, 11) is 0. The van der Waals surface area contributed by atoms with Gasteiger partial charge in [0.05, 0.1) is 12.1 Å². The quantitative estimate of drug-likeness (QED) is 0.824. The number of halogens is 3. The second-order valence-corrected chi connectivity index (χ2v) is 6.75. The lowest BCUT2D eigenvalue weighted by Gasteiger charge is -2.24. The van der Waals surface area contributed by atoms with Gasteiger partial charge >= 0.3 is 6.61 Å². The molecule has 1 aromatic carbocycles. The van der Waals surface area contributed by atoms with Crippen LogP contribution in [0.3, 0.4) is 0 Å². The maximum absolute atomic E-state index is 12.5. The van der Waals surface area contributed by atoms with Crippen LogP contribution in [0, 0.1) is 5.92 Å². The molecule has 0 bridgehead atoms. The molecule has 0 spiro atoms. The third kappa shape index (κ3) is 4.82. The first-order chi connectivity index (χ1) is 11.5. The Hall–Kier alpha value is -1.40. The number of para-hydroxylation sites is 1. The first-order valence-corrected chi connectivity index (χ1v) is 8.64. The lowest BCUT2D eigenvalue weighted by atomic mass is 9.85. The Balaban J connectivity index is 0.00000225. The van der Waals surface area contributed by atoms with Crippen LogP contribution in [0.2, 0.25) is 0 Å². The SMILES string of the molecule is CC(NC(=O)C1CC2CCCCC2N1)c1ccccc1OC(F)F.Cl. The monoisotopic (exact) mass is 374 g/mol. The van der Waals surface area contributed by atoms with Gasteiger partial charge in [-0.2, -0.15) is 8.78 Å². The highest BCUT2D eigenvalue weighted by molar-refractivity contribution is 5.85. The van der Waals surface area contributed by atoms with Crippen LogP contribution >= 0.6 is 12.4 Å². The Bertz CT molecular complexity index is 574. The van der Waals surface area contributed by atoms with E-state index in [-0.39, 0.29) is 30.1 Å². The number of amides is 1. The van der Waals surface area contributed by atoms with Gasteiger partial charge in [-0.15, -0.1) is 12.4 Å². The second kappa shape index (κ2) is 8.81. The molecule has 2 fully saturated rings. The fraction of sp³-hybridized carbons (Fsp3) is 0.611. The summed E-state index contributed by atoms with van der Waals surface area (Å²) in [5.41, 5.74) is 0.557. The molecule has 7 heteroatoms. The molecule has 1 aliphatic carbocycles. The number of hydrogen-bond donors (Lipinski definition) is 2. The Labute approximate surface area is 153 Å². The van der Waals surface area contributed by atoms with Crippen LogP contribution in [0.25, 0.3) is 0 Å². The molecule has 1 saturated heterocycles. The summed E-state index contributed by atoms with van der Waals surface area (Å²) >= 11 is 0. The normalized spacial score (nSPS) is 26.5. The molecular formula is C18H25ClF2N2O2. The standard InChI is InChI=1S/C18H24F2N2O2.ClH/c1-11(13-7-3-5-9-16(13)24-18(19)20)21-17(23)15-10-12-6-2-4-8-14(12)22-15;/h3,5,7,9,11-12,14-15,18,22H,2,4,6,8,10H2,1H3,(H,21,23);1H. The number of rotatable bonds is 5. The molecule has 2 aliphatic rings. The average Bonchev–Trinajstić information content (AvgIpc) is 2.99. The van der Waals surface area contributed by atoms with Gasteiger partial charge in [-0.3, -0.25) is 4.79 Å². The van der Waals surface area contributed by atoms with Crippen LogP contribution in [-0.2, 0) is 4.79 Å². The lowest BCUT2D eigenvalue weighted by molar-refractivity contribution is -0.123. The van der Waals surface area contributed by atoms with Gasteiger partial charge in [0.25, 0.3) is 0 Å². The molecule has 4 atom stereocenters. The van der Waals surface area contributed by atoms with E-state index in [1.165, 1.54) is 25.3 Å². The first-order valence-electron chi connectivity index (χ1n) is 8.64. The zero-order valence-corrected chi connectivity index (χ0v) is 15.0. The van der Waals surface area contributed by atoms with Crippen molar-refractivity contribution in [3.8, 4) is 5.75 Å². The highest BCUT2D eigenvalue weighted by Gasteiger charge is 2.38. The number of carbonyl (C=O) groups excluding carboxylic acids is 1. The molecule has 0 radical (unpaired) electrons. The third-order valence-corrected chi connectivity index (χ3v) is 5.14. The Morgan fingerprint density at radius 2 is 2.00 bits per heavy atom. The largest absolute Gasteiger partial charge is 0.434 e. The highest BCUT2D eigenvalue weighted by Crippen LogP contribution is 2.33. The Kier molecular flexibility index (Phi) is 7.02. The van der Waals surface area contributed by atoms with Crippen LogP contribution in [-0.4, -0.2) is 24.6 Å². The van der Waals surface area contributed by atoms with Gasteiger partial charge in [-0.05, 0) is 38.2 Å². The van der Waals surface area contributed by atoms with Gasteiger partial charge in [0, 0.05) is 11.6 Å². The van der Waals surface area contributed by atoms with Crippen molar-refractivity contribution in [2.75, 3.05) is 0 Å². The van der Waals surface area contributed by atoms with E-state index in [9.17, 15) is 13.6 Å². The molecule has 1 aliphatic heterocycles. The van der Waals surface area contributed by atoms with Crippen molar-refractivity contribution < 1.29 is 18.3 Å². The molecule has 4 unspecified atom stereocenters. The smallest absolute Gasteiger partial charge is 0.387 e. The molecule has 140 valence electrons. The van der Waals surface area contributed by atoms with Crippen molar-refractivity contribution in [2.24, 2.45) is 5.92 Å². The summed E-state index contributed by atoms with van der Waals surface area (Å²) in [5, 5.41) is 6.37. The topological polar surface area (TPSA) is 50.4 Å². The minimum Gasteiger partial charge on any atom is -0.434 e. The van der Waals surface area contributed by atoms with Crippen molar-refractivity contribution in [1.82, 2.24) is 10.6 Å². The summed E-state index contributed by atoms with van der Waals surface area (Å²) in [6.07, 6.45) is 5.64. The van der Waals surface area contributed by atoms with Crippen molar-refractivity contribution in [3.05, 3.63) is 29.8 Å². The van der Waals surface area contributed by atoms with Gasteiger partial charge in [-0.1, -0.05) is 31.0 Å². The minimum atomic E-state index is -2.88. The highest BCUT2D eigenvalue weighted by atomic mass is 35.5. The predicted molar refractivity (Wildman–Crippen MR) is 94.2 cm³/mol. The summed E-state index contributed by atoms with van der Waals surface area (Å²) in [5.74, 6) is 0.622. The first kappa shape index (κ1) is 19.9. The maximum Gasteiger partial charge on any atom is 0.387 e. The van der Waals surface area contributed by atoms with E-state index in [2.05, 4.69) is 15.4 Å². The third-order valence-electron chi connectivity index (χ3n) is 5.14. The van der Waals surface area contributed by atoms with Gasteiger partial charge in [0.1, 0.15) is 5.75 Å². The number of hydrogen-bond acceptors (Lipinski definition) is 3. The summed E-state index contributed by atoms with van der Waals surface area (Å²) in [6, 6.07) is 6.44. The predicted octanol–water partition coefficient (Wildman–Crippen LogP) is 3.81. The van der Waals surface area contributed by atoms with Gasteiger partial charge < -0.3 is 15.4 Å². The van der Waals surface area contributed by atoms with Crippen molar-refractivity contribution >= 4 is 18.3 Å². The van der Waals surface area contributed by atoms with E-state index in [1.807, 2.05) is 0 Å². The molecule has 25 heavy (non-hydrogen) atoms. The number of alkyl halides is 2. The van der Waals surface area contributed by atoms with Crippen LogP contribution < -0.4 is 15.4 Å². The molecule has 1 heterocycles. The zero-order valence-electron chi connectivity index (χ0n) is 14.2. The molecule has 2 N–H and O–H groups in total. The van der Waals surface area contributed by atoms with Crippen LogP contribution in [0.1, 0.15) is 50.6 Å². The van der Waals surface area contributed by atoms with Crippen LogP contribution in [0.4, 0.5) is 8.78 Å². The van der Waals surface area contributed by atoms with Crippen molar-refractivity contribution in [1.29, 1.82) is 0 Å². The second-order valence-electron chi connectivity index (χ2n) is 6.75. The van der Waals surface area contributed by atoms with E-state index in [1.54, 1.807) is 25.1 Å². The van der Waals surface area contributed by atoms with E-state index in [0.717, 1.165) is 12.8 Å². The average molecular weight is 375 g/mol.